The maximum absolute atomic E-state index is 12.4. The lowest BCUT2D eigenvalue weighted by molar-refractivity contribution is -0.135. The van der Waals surface area contributed by atoms with E-state index in [4.69, 9.17) is 9.47 Å². The zero-order valence-corrected chi connectivity index (χ0v) is 15.8. The lowest BCUT2D eigenvalue weighted by Crippen LogP contribution is -2.40. The van der Waals surface area contributed by atoms with Gasteiger partial charge in [0, 0.05) is 13.1 Å². The molecule has 1 amide bonds. The molecule has 2 aromatic rings. The lowest BCUT2D eigenvalue weighted by atomic mass is 9.94. The fraction of sp³-hybridized carbons (Fsp3) is 0.450. The molecule has 27 heavy (non-hydrogen) atoms. The topological polar surface area (TPSA) is 73.7 Å². The summed E-state index contributed by atoms with van der Waals surface area (Å²) in [5.74, 6) is -0.569. The van der Waals surface area contributed by atoms with Gasteiger partial charge in [-0.15, -0.1) is 0 Å². The molecule has 144 valence electrons. The number of methoxy groups -OCH3 is 1. The zero-order chi connectivity index (χ0) is 19.2. The van der Waals surface area contributed by atoms with Crippen LogP contribution in [-0.4, -0.2) is 53.4 Å². The summed E-state index contributed by atoms with van der Waals surface area (Å²) in [6, 6.07) is 9.61. The standard InChI is InChI=1S/C20H25N3O4/c1-22(15-9-5-3-6-10-15)18(24)14-27-20(25)19-17(26-2)13-23(21-19)16-11-7-4-8-12-16/h4,7-8,11-13,15H,3,5-6,9-10,14H2,1-2H3. The molecule has 7 nitrogen and oxygen atoms in total. The largest absolute Gasteiger partial charge is 0.493 e. The van der Waals surface area contributed by atoms with E-state index in [0.717, 1.165) is 31.4 Å². The van der Waals surface area contributed by atoms with Gasteiger partial charge in [0.1, 0.15) is 0 Å². The van der Waals surface area contributed by atoms with Crippen molar-refractivity contribution >= 4 is 11.9 Å². The van der Waals surface area contributed by atoms with Crippen molar-refractivity contribution in [1.82, 2.24) is 14.7 Å². The summed E-state index contributed by atoms with van der Waals surface area (Å²) >= 11 is 0. The van der Waals surface area contributed by atoms with Crippen LogP contribution in [0.25, 0.3) is 5.69 Å². The van der Waals surface area contributed by atoms with Gasteiger partial charge in [0.2, 0.25) is 5.69 Å². The molecule has 1 heterocycles. The highest BCUT2D eigenvalue weighted by atomic mass is 16.5. The molecular formula is C20H25N3O4. The highest BCUT2D eigenvalue weighted by molar-refractivity contribution is 5.92. The average Bonchev–Trinajstić information content (AvgIpc) is 3.17. The number of hydrogen-bond acceptors (Lipinski definition) is 5. The number of ether oxygens (including phenoxy) is 2. The first-order valence-electron chi connectivity index (χ1n) is 9.22. The molecular weight excluding hydrogens is 346 g/mol. The summed E-state index contributed by atoms with van der Waals surface area (Å²) in [5.41, 5.74) is 0.845. The van der Waals surface area contributed by atoms with Crippen LogP contribution in [0.4, 0.5) is 0 Å². The quantitative estimate of drug-likeness (QED) is 0.730. The Morgan fingerprint density at radius 2 is 1.89 bits per heavy atom. The lowest BCUT2D eigenvalue weighted by Gasteiger charge is -2.31. The summed E-state index contributed by atoms with van der Waals surface area (Å²) in [7, 11) is 3.24. The van der Waals surface area contributed by atoms with Gasteiger partial charge in [0.05, 0.1) is 19.0 Å². The van der Waals surface area contributed by atoms with Gasteiger partial charge in [-0.2, -0.15) is 5.10 Å². The number of benzene rings is 1. The predicted molar refractivity (Wildman–Crippen MR) is 100 cm³/mol. The number of rotatable bonds is 6. The first-order chi connectivity index (χ1) is 13.1. The molecule has 1 fully saturated rings. The molecule has 0 spiro atoms. The van der Waals surface area contributed by atoms with Crippen molar-refractivity contribution < 1.29 is 19.1 Å². The summed E-state index contributed by atoms with van der Waals surface area (Å²) in [4.78, 5) is 26.5. The third-order valence-electron chi connectivity index (χ3n) is 4.96. The first-order valence-corrected chi connectivity index (χ1v) is 9.22. The van der Waals surface area contributed by atoms with E-state index in [-0.39, 0.29) is 24.2 Å². The molecule has 0 unspecified atom stereocenters. The minimum Gasteiger partial charge on any atom is -0.493 e. The summed E-state index contributed by atoms with van der Waals surface area (Å²) in [6.45, 7) is -0.298. The van der Waals surface area contributed by atoms with Crippen LogP contribution >= 0.6 is 0 Å². The van der Waals surface area contributed by atoms with Gasteiger partial charge in [0.25, 0.3) is 5.91 Å². The van der Waals surface area contributed by atoms with Gasteiger partial charge in [-0.05, 0) is 25.0 Å². The number of carbonyl (C=O) groups excluding carboxylic acids is 2. The molecule has 1 aromatic carbocycles. The molecule has 3 rings (SSSR count). The number of carbonyl (C=O) groups is 2. The van der Waals surface area contributed by atoms with Crippen molar-refractivity contribution in [3.05, 3.63) is 42.2 Å². The molecule has 1 aliphatic rings. The number of hydrogen-bond donors (Lipinski definition) is 0. The molecule has 0 saturated heterocycles. The van der Waals surface area contributed by atoms with E-state index in [9.17, 15) is 9.59 Å². The molecule has 0 atom stereocenters. The van der Waals surface area contributed by atoms with Crippen LogP contribution in [0.15, 0.2) is 36.5 Å². The number of esters is 1. The Morgan fingerprint density at radius 1 is 1.19 bits per heavy atom. The highest BCUT2D eigenvalue weighted by Gasteiger charge is 2.25. The van der Waals surface area contributed by atoms with Crippen LogP contribution in [0.5, 0.6) is 5.75 Å². The van der Waals surface area contributed by atoms with Crippen molar-refractivity contribution in [3.8, 4) is 11.4 Å². The number of para-hydroxylation sites is 1. The first kappa shape index (κ1) is 18.9. The third-order valence-corrected chi connectivity index (χ3v) is 4.96. The van der Waals surface area contributed by atoms with E-state index in [1.807, 2.05) is 30.3 Å². The van der Waals surface area contributed by atoms with Crippen LogP contribution < -0.4 is 4.74 Å². The van der Waals surface area contributed by atoms with Crippen LogP contribution in [0, 0.1) is 0 Å². The number of aromatic nitrogens is 2. The zero-order valence-electron chi connectivity index (χ0n) is 15.8. The Kier molecular flexibility index (Phi) is 6.11. The number of amides is 1. The monoisotopic (exact) mass is 371 g/mol. The molecule has 1 aliphatic carbocycles. The fourth-order valence-electron chi connectivity index (χ4n) is 3.33. The molecule has 0 bridgehead atoms. The Labute approximate surface area is 158 Å². The van der Waals surface area contributed by atoms with Crippen LogP contribution in [-0.2, 0) is 9.53 Å². The van der Waals surface area contributed by atoms with Crippen molar-refractivity contribution in [2.45, 2.75) is 38.1 Å². The second-order valence-corrected chi connectivity index (χ2v) is 6.70. The van der Waals surface area contributed by atoms with E-state index in [0.29, 0.717) is 5.75 Å². The minimum atomic E-state index is -0.674. The van der Waals surface area contributed by atoms with Gasteiger partial charge >= 0.3 is 5.97 Å². The van der Waals surface area contributed by atoms with Crippen LogP contribution in [0.2, 0.25) is 0 Å². The van der Waals surface area contributed by atoms with Crippen molar-refractivity contribution in [2.75, 3.05) is 20.8 Å². The van der Waals surface area contributed by atoms with Gasteiger partial charge in [-0.1, -0.05) is 37.5 Å². The summed E-state index contributed by atoms with van der Waals surface area (Å²) in [5, 5.41) is 4.26. The van der Waals surface area contributed by atoms with Gasteiger partial charge in [0.15, 0.2) is 12.4 Å². The SMILES string of the molecule is COc1cn(-c2ccccc2)nc1C(=O)OCC(=O)N(C)C1CCCCC1. The third kappa shape index (κ3) is 4.48. The van der Waals surface area contributed by atoms with E-state index < -0.39 is 5.97 Å². The second kappa shape index (κ2) is 8.70. The van der Waals surface area contributed by atoms with E-state index in [2.05, 4.69) is 5.10 Å². The van der Waals surface area contributed by atoms with E-state index in [1.54, 1.807) is 22.8 Å². The van der Waals surface area contributed by atoms with E-state index in [1.165, 1.54) is 13.5 Å². The molecule has 7 heteroatoms. The Bertz CT molecular complexity index is 782. The number of nitrogens with zero attached hydrogens (tertiary/aromatic N) is 3. The Hall–Kier alpha value is -2.83. The van der Waals surface area contributed by atoms with E-state index >= 15 is 0 Å². The molecule has 1 aromatic heterocycles. The van der Waals surface area contributed by atoms with Gasteiger partial charge in [-0.3, -0.25) is 4.79 Å². The maximum Gasteiger partial charge on any atom is 0.363 e. The van der Waals surface area contributed by atoms with Gasteiger partial charge in [-0.25, -0.2) is 9.48 Å². The summed E-state index contributed by atoms with van der Waals surface area (Å²) in [6.07, 6.45) is 7.11. The van der Waals surface area contributed by atoms with Crippen molar-refractivity contribution in [2.24, 2.45) is 0 Å². The average molecular weight is 371 g/mol. The normalized spacial score (nSPS) is 14.6. The summed E-state index contributed by atoms with van der Waals surface area (Å²) < 4.78 is 12.0. The molecule has 0 aliphatic heterocycles. The minimum absolute atomic E-state index is 0.0504. The maximum atomic E-state index is 12.4. The van der Waals surface area contributed by atoms with Crippen molar-refractivity contribution in [3.63, 3.8) is 0 Å². The second-order valence-electron chi connectivity index (χ2n) is 6.70. The Balaban J connectivity index is 1.63. The molecule has 0 N–H and O–H groups in total. The highest BCUT2D eigenvalue weighted by Crippen LogP contribution is 2.22. The van der Waals surface area contributed by atoms with Gasteiger partial charge < -0.3 is 14.4 Å². The van der Waals surface area contributed by atoms with Crippen LogP contribution in [0.3, 0.4) is 0 Å². The Morgan fingerprint density at radius 3 is 2.56 bits per heavy atom. The molecule has 1 saturated carbocycles. The smallest absolute Gasteiger partial charge is 0.363 e. The fourth-order valence-corrected chi connectivity index (χ4v) is 3.33. The predicted octanol–water partition coefficient (Wildman–Crippen LogP) is 2.83. The molecule has 0 radical (unpaired) electrons. The van der Waals surface area contributed by atoms with Crippen LogP contribution in [0.1, 0.15) is 42.6 Å². The number of likely N-dealkylation sites (N-methyl/N-ethyl adjacent to an activating group) is 1. The van der Waals surface area contributed by atoms with Crippen molar-refractivity contribution in [1.29, 1.82) is 0 Å².